The lowest BCUT2D eigenvalue weighted by atomic mass is 10.0. The third kappa shape index (κ3) is 3.74. The molecule has 1 N–H and O–H groups in total. The fraction of sp³-hybridized carbons (Fsp3) is 0.174. The lowest BCUT2D eigenvalue weighted by molar-refractivity contribution is 0.0948. The largest absolute Gasteiger partial charge is 0.350 e. The van der Waals surface area contributed by atoms with Gasteiger partial charge in [0.1, 0.15) is 11.3 Å². The standard InChI is InChI=1S/C23H21FN4O2/c1-15-7-8-17(16(2)13-15)20-14-21-23(30)27(11-12-28(21)26-20)10-9-25-22(29)18-5-3-4-6-19(18)24/h3-8,11-14H,9-10H2,1-2H3,(H,25,29). The molecule has 0 spiro atoms. The van der Waals surface area contributed by atoms with E-state index in [1.807, 2.05) is 26.0 Å². The summed E-state index contributed by atoms with van der Waals surface area (Å²) < 4.78 is 16.8. The van der Waals surface area contributed by atoms with Crippen LogP contribution in [0.4, 0.5) is 4.39 Å². The average Bonchev–Trinajstić information content (AvgIpc) is 3.15. The molecule has 30 heavy (non-hydrogen) atoms. The Morgan fingerprint density at radius 2 is 1.90 bits per heavy atom. The number of aromatic nitrogens is 3. The second-order valence-electron chi connectivity index (χ2n) is 7.21. The van der Waals surface area contributed by atoms with Crippen LogP contribution in [-0.2, 0) is 6.54 Å². The fourth-order valence-corrected chi connectivity index (χ4v) is 3.47. The summed E-state index contributed by atoms with van der Waals surface area (Å²) in [4.78, 5) is 25.0. The maximum Gasteiger partial charge on any atom is 0.276 e. The van der Waals surface area contributed by atoms with E-state index in [9.17, 15) is 14.0 Å². The Morgan fingerprint density at radius 3 is 2.67 bits per heavy atom. The molecule has 0 aliphatic heterocycles. The molecule has 2 heterocycles. The number of fused-ring (bicyclic) bond motifs is 1. The molecule has 0 bridgehead atoms. The van der Waals surface area contributed by atoms with E-state index in [0.717, 1.165) is 16.8 Å². The number of benzene rings is 2. The van der Waals surface area contributed by atoms with Gasteiger partial charge < -0.3 is 9.88 Å². The Bertz CT molecular complexity index is 1310. The van der Waals surface area contributed by atoms with Gasteiger partial charge in [-0.3, -0.25) is 9.59 Å². The van der Waals surface area contributed by atoms with E-state index in [1.165, 1.54) is 28.3 Å². The van der Waals surface area contributed by atoms with Crippen LogP contribution in [0.2, 0.25) is 0 Å². The lowest BCUT2D eigenvalue weighted by Gasteiger charge is -2.08. The molecule has 4 aromatic rings. The van der Waals surface area contributed by atoms with Crippen LogP contribution < -0.4 is 10.9 Å². The zero-order valence-corrected chi connectivity index (χ0v) is 16.7. The van der Waals surface area contributed by atoms with Crippen LogP contribution in [0.5, 0.6) is 0 Å². The number of halogens is 1. The third-order valence-corrected chi connectivity index (χ3v) is 5.02. The van der Waals surface area contributed by atoms with Crippen molar-refractivity contribution in [3.63, 3.8) is 0 Å². The minimum absolute atomic E-state index is 0.0193. The first-order valence-corrected chi connectivity index (χ1v) is 9.63. The summed E-state index contributed by atoms with van der Waals surface area (Å²) in [5.74, 6) is -1.09. The zero-order valence-electron chi connectivity index (χ0n) is 16.7. The Balaban J connectivity index is 1.53. The molecular weight excluding hydrogens is 383 g/mol. The van der Waals surface area contributed by atoms with Gasteiger partial charge in [-0.2, -0.15) is 5.10 Å². The zero-order chi connectivity index (χ0) is 21.3. The molecule has 0 saturated heterocycles. The molecule has 4 rings (SSSR count). The molecule has 2 aromatic carbocycles. The van der Waals surface area contributed by atoms with Crippen molar-refractivity contribution in [3.05, 3.63) is 93.8 Å². The number of amides is 1. The van der Waals surface area contributed by atoms with Crippen LogP contribution in [0.15, 0.2) is 65.7 Å². The van der Waals surface area contributed by atoms with E-state index in [4.69, 9.17) is 0 Å². The molecule has 0 atom stereocenters. The number of hydrogen-bond donors (Lipinski definition) is 1. The van der Waals surface area contributed by atoms with Crippen molar-refractivity contribution < 1.29 is 9.18 Å². The van der Waals surface area contributed by atoms with Gasteiger partial charge in [-0.15, -0.1) is 0 Å². The van der Waals surface area contributed by atoms with E-state index >= 15 is 0 Å². The monoisotopic (exact) mass is 404 g/mol. The first kappa shape index (κ1) is 19.6. The normalized spacial score (nSPS) is 11.0. The van der Waals surface area contributed by atoms with Crippen LogP contribution >= 0.6 is 0 Å². The van der Waals surface area contributed by atoms with E-state index in [-0.39, 0.29) is 24.2 Å². The fourth-order valence-electron chi connectivity index (χ4n) is 3.47. The Kier molecular flexibility index (Phi) is 5.18. The maximum atomic E-state index is 13.7. The summed E-state index contributed by atoms with van der Waals surface area (Å²) in [6, 6.07) is 13.7. The van der Waals surface area contributed by atoms with Gasteiger partial charge in [-0.1, -0.05) is 35.9 Å². The number of carbonyl (C=O) groups excluding carboxylic acids is 1. The van der Waals surface area contributed by atoms with Crippen LogP contribution in [-0.4, -0.2) is 26.6 Å². The highest BCUT2D eigenvalue weighted by Gasteiger charge is 2.12. The number of hydrogen-bond acceptors (Lipinski definition) is 3. The predicted molar refractivity (Wildman–Crippen MR) is 113 cm³/mol. The molecule has 0 fully saturated rings. The first-order valence-electron chi connectivity index (χ1n) is 9.63. The van der Waals surface area contributed by atoms with Crippen LogP contribution in [0.25, 0.3) is 16.8 Å². The summed E-state index contributed by atoms with van der Waals surface area (Å²) in [6.45, 7) is 4.51. The predicted octanol–water partition coefficient (Wildman–Crippen LogP) is 3.35. The number of nitrogens with one attached hydrogen (secondary N) is 1. The molecule has 6 nitrogen and oxygen atoms in total. The minimum Gasteiger partial charge on any atom is -0.350 e. The van der Waals surface area contributed by atoms with Crippen molar-refractivity contribution in [3.8, 4) is 11.3 Å². The molecule has 7 heteroatoms. The van der Waals surface area contributed by atoms with Crippen LogP contribution in [0.1, 0.15) is 21.5 Å². The molecule has 0 radical (unpaired) electrons. The van der Waals surface area contributed by atoms with Gasteiger partial charge in [0, 0.05) is 31.0 Å². The Hall–Kier alpha value is -3.74. The van der Waals surface area contributed by atoms with Crippen molar-refractivity contribution in [1.29, 1.82) is 0 Å². The lowest BCUT2D eigenvalue weighted by Crippen LogP contribution is -2.31. The highest BCUT2D eigenvalue weighted by molar-refractivity contribution is 5.94. The summed E-state index contributed by atoms with van der Waals surface area (Å²) in [6.07, 6.45) is 3.34. The first-order chi connectivity index (χ1) is 14.4. The van der Waals surface area contributed by atoms with Gasteiger partial charge in [0.15, 0.2) is 0 Å². The van der Waals surface area contributed by atoms with Gasteiger partial charge in [0.2, 0.25) is 0 Å². The van der Waals surface area contributed by atoms with Gasteiger partial charge in [-0.05, 0) is 37.6 Å². The van der Waals surface area contributed by atoms with E-state index in [1.54, 1.807) is 29.0 Å². The second-order valence-corrected chi connectivity index (χ2v) is 7.21. The summed E-state index contributed by atoms with van der Waals surface area (Å²) in [7, 11) is 0. The number of nitrogens with zero attached hydrogens (tertiary/aromatic N) is 3. The van der Waals surface area contributed by atoms with Gasteiger partial charge in [0.05, 0.1) is 11.3 Å². The quantitative estimate of drug-likeness (QED) is 0.555. The van der Waals surface area contributed by atoms with Crippen LogP contribution in [0, 0.1) is 19.7 Å². The van der Waals surface area contributed by atoms with Crippen molar-refractivity contribution >= 4 is 11.4 Å². The third-order valence-electron chi connectivity index (χ3n) is 5.02. The van der Waals surface area contributed by atoms with E-state index in [0.29, 0.717) is 5.52 Å². The number of rotatable bonds is 5. The minimum atomic E-state index is -0.577. The summed E-state index contributed by atoms with van der Waals surface area (Å²) in [5, 5.41) is 7.17. The van der Waals surface area contributed by atoms with Gasteiger partial charge in [-0.25, -0.2) is 8.91 Å². The van der Waals surface area contributed by atoms with Crippen molar-refractivity contribution in [2.24, 2.45) is 0 Å². The molecular formula is C23H21FN4O2. The second kappa shape index (κ2) is 7.94. The highest BCUT2D eigenvalue weighted by Crippen LogP contribution is 2.23. The molecule has 0 aliphatic carbocycles. The summed E-state index contributed by atoms with van der Waals surface area (Å²) in [5.41, 5.74) is 4.19. The Labute approximate surface area is 172 Å². The van der Waals surface area contributed by atoms with Crippen molar-refractivity contribution in [2.75, 3.05) is 6.54 Å². The van der Waals surface area contributed by atoms with Crippen molar-refractivity contribution in [1.82, 2.24) is 19.5 Å². The number of aryl methyl sites for hydroxylation is 2. The maximum absolute atomic E-state index is 13.7. The van der Waals surface area contributed by atoms with E-state index < -0.39 is 11.7 Å². The van der Waals surface area contributed by atoms with Crippen molar-refractivity contribution in [2.45, 2.75) is 20.4 Å². The van der Waals surface area contributed by atoms with Crippen LogP contribution in [0.3, 0.4) is 0 Å². The number of carbonyl (C=O) groups is 1. The molecule has 0 aliphatic rings. The molecule has 0 saturated carbocycles. The topological polar surface area (TPSA) is 68.4 Å². The van der Waals surface area contributed by atoms with Gasteiger partial charge >= 0.3 is 0 Å². The molecule has 152 valence electrons. The molecule has 2 aromatic heterocycles. The SMILES string of the molecule is Cc1ccc(-c2cc3c(=O)n(CCNC(=O)c4ccccc4F)ccn3n2)c(C)c1. The smallest absolute Gasteiger partial charge is 0.276 e. The van der Waals surface area contributed by atoms with Gasteiger partial charge in [0.25, 0.3) is 11.5 Å². The summed E-state index contributed by atoms with van der Waals surface area (Å²) >= 11 is 0. The highest BCUT2D eigenvalue weighted by atomic mass is 19.1. The molecule has 0 unspecified atom stereocenters. The van der Waals surface area contributed by atoms with E-state index in [2.05, 4.69) is 16.5 Å². The Morgan fingerprint density at radius 1 is 1.10 bits per heavy atom. The molecule has 1 amide bonds. The average molecular weight is 404 g/mol.